The minimum absolute atomic E-state index is 0.0645. The molecule has 3 aromatic rings. The molecular weight excluding hydrogens is 370 g/mol. The summed E-state index contributed by atoms with van der Waals surface area (Å²) >= 11 is 0. The van der Waals surface area contributed by atoms with E-state index >= 15 is 0 Å². The standard InChI is InChI=1S/C23H21NO5/c1-13(2)27-17-10-20(28-14(3)4)18-12-19(23(26)29-21(18)11-17)22(25)15-6-8-16(24-5)9-7-15/h6-14H,1-4H3. The van der Waals surface area contributed by atoms with E-state index in [4.69, 9.17) is 20.5 Å². The van der Waals surface area contributed by atoms with Crippen molar-refractivity contribution in [2.45, 2.75) is 39.9 Å². The number of carbonyl (C=O) groups is 1. The number of ketones is 1. The van der Waals surface area contributed by atoms with Gasteiger partial charge in [-0.2, -0.15) is 0 Å². The Bertz CT molecular complexity index is 1150. The van der Waals surface area contributed by atoms with Crippen LogP contribution in [-0.4, -0.2) is 18.0 Å². The van der Waals surface area contributed by atoms with Crippen molar-refractivity contribution in [3.05, 3.63) is 75.4 Å². The summed E-state index contributed by atoms with van der Waals surface area (Å²) in [6.07, 6.45) is -0.190. The van der Waals surface area contributed by atoms with Gasteiger partial charge in [-0.1, -0.05) is 24.3 Å². The van der Waals surface area contributed by atoms with E-state index in [2.05, 4.69) is 4.85 Å². The van der Waals surface area contributed by atoms with Crippen LogP contribution in [0.3, 0.4) is 0 Å². The van der Waals surface area contributed by atoms with Crippen molar-refractivity contribution in [2.24, 2.45) is 0 Å². The summed E-state index contributed by atoms with van der Waals surface area (Å²) < 4.78 is 17.0. The molecule has 6 nitrogen and oxygen atoms in total. The first-order valence-corrected chi connectivity index (χ1v) is 9.26. The van der Waals surface area contributed by atoms with E-state index < -0.39 is 11.4 Å². The number of benzene rings is 2. The van der Waals surface area contributed by atoms with Crippen molar-refractivity contribution in [3.8, 4) is 11.5 Å². The third kappa shape index (κ3) is 4.46. The molecule has 0 N–H and O–H groups in total. The summed E-state index contributed by atoms with van der Waals surface area (Å²) in [7, 11) is 0. The van der Waals surface area contributed by atoms with E-state index in [9.17, 15) is 9.59 Å². The number of fused-ring (bicyclic) bond motifs is 1. The van der Waals surface area contributed by atoms with Crippen LogP contribution in [0.1, 0.15) is 43.6 Å². The zero-order valence-electron chi connectivity index (χ0n) is 16.7. The van der Waals surface area contributed by atoms with Gasteiger partial charge in [-0.05, 0) is 33.8 Å². The fraction of sp³-hybridized carbons (Fsp3) is 0.261. The molecule has 1 heterocycles. The molecule has 0 amide bonds. The lowest BCUT2D eigenvalue weighted by molar-refractivity contribution is 0.103. The van der Waals surface area contributed by atoms with Crippen LogP contribution in [0.4, 0.5) is 5.69 Å². The summed E-state index contributed by atoms with van der Waals surface area (Å²) in [5.41, 5.74) is 0.157. The van der Waals surface area contributed by atoms with Gasteiger partial charge >= 0.3 is 5.63 Å². The Kier molecular flexibility index (Phi) is 5.69. The molecule has 0 aliphatic rings. The third-order valence-electron chi connectivity index (χ3n) is 4.03. The van der Waals surface area contributed by atoms with Gasteiger partial charge in [-0.15, -0.1) is 0 Å². The number of nitrogens with zero attached hydrogens (tertiary/aromatic N) is 1. The Labute approximate surface area is 168 Å². The maximum atomic E-state index is 12.9. The van der Waals surface area contributed by atoms with Gasteiger partial charge in [-0.25, -0.2) is 9.64 Å². The molecule has 0 bridgehead atoms. The number of ether oxygens (including phenoxy) is 2. The molecule has 6 heteroatoms. The summed E-state index contributed by atoms with van der Waals surface area (Å²) in [5.74, 6) is 0.504. The molecular formula is C23H21NO5. The molecule has 0 atom stereocenters. The van der Waals surface area contributed by atoms with Gasteiger partial charge in [0.2, 0.25) is 0 Å². The second kappa shape index (κ2) is 8.19. The van der Waals surface area contributed by atoms with Crippen molar-refractivity contribution in [1.29, 1.82) is 0 Å². The Balaban J connectivity index is 2.14. The molecule has 29 heavy (non-hydrogen) atoms. The molecule has 0 radical (unpaired) electrons. The third-order valence-corrected chi connectivity index (χ3v) is 4.03. The van der Waals surface area contributed by atoms with E-state index in [1.807, 2.05) is 27.7 Å². The summed E-state index contributed by atoms with van der Waals surface area (Å²) in [6.45, 7) is 14.5. The number of carbonyl (C=O) groups excluding carboxylic acids is 1. The predicted molar refractivity (Wildman–Crippen MR) is 110 cm³/mol. The first-order chi connectivity index (χ1) is 13.8. The van der Waals surface area contributed by atoms with Crippen LogP contribution in [0, 0.1) is 6.57 Å². The van der Waals surface area contributed by atoms with Crippen LogP contribution in [0.5, 0.6) is 11.5 Å². The highest BCUT2D eigenvalue weighted by Crippen LogP contribution is 2.33. The Morgan fingerprint density at radius 2 is 1.66 bits per heavy atom. The summed E-state index contributed by atoms with van der Waals surface area (Å²) in [6, 6.07) is 10.9. The molecule has 0 fully saturated rings. The van der Waals surface area contributed by atoms with Crippen molar-refractivity contribution < 1.29 is 18.7 Å². The average Bonchev–Trinajstić information content (AvgIpc) is 2.66. The first-order valence-electron chi connectivity index (χ1n) is 9.26. The topological polar surface area (TPSA) is 70.1 Å². The van der Waals surface area contributed by atoms with Gasteiger partial charge in [0.15, 0.2) is 11.5 Å². The molecule has 0 aliphatic carbocycles. The molecule has 0 spiro atoms. The number of hydrogen-bond donors (Lipinski definition) is 0. The van der Waals surface area contributed by atoms with Gasteiger partial charge in [0, 0.05) is 17.7 Å². The van der Waals surface area contributed by atoms with Gasteiger partial charge in [0.25, 0.3) is 0 Å². The predicted octanol–water partition coefficient (Wildman–Crippen LogP) is 5.15. The Morgan fingerprint density at radius 3 is 2.24 bits per heavy atom. The molecule has 1 aromatic heterocycles. The molecule has 2 aromatic carbocycles. The molecule has 3 rings (SSSR count). The Hall–Kier alpha value is -3.59. The van der Waals surface area contributed by atoms with E-state index in [0.717, 1.165) is 0 Å². The maximum absolute atomic E-state index is 12.9. The minimum Gasteiger partial charge on any atom is -0.491 e. The SMILES string of the molecule is [C-]#[N+]c1ccc(C(=O)c2cc3c(OC(C)C)cc(OC(C)C)cc3oc2=O)cc1. The van der Waals surface area contributed by atoms with E-state index in [1.165, 1.54) is 30.3 Å². The minimum atomic E-state index is -0.742. The highest BCUT2D eigenvalue weighted by atomic mass is 16.5. The first kappa shape index (κ1) is 20.2. The smallest absolute Gasteiger partial charge is 0.347 e. The summed E-state index contributed by atoms with van der Waals surface area (Å²) in [4.78, 5) is 28.7. The zero-order valence-corrected chi connectivity index (χ0v) is 16.7. The summed E-state index contributed by atoms with van der Waals surface area (Å²) in [5, 5.41) is 0.510. The lowest BCUT2D eigenvalue weighted by Gasteiger charge is -2.16. The highest BCUT2D eigenvalue weighted by molar-refractivity contribution is 6.10. The van der Waals surface area contributed by atoms with Gasteiger partial charge in [0.1, 0.15) is 22.6 Å². The molecule has 0 saturated carbocycles. The number of rotatable bonds is 6. The fourth-order valence-corrected chi connectivity index (χ4v) is 2.85. The van der Waals surface area contributed by atoms with Crippen LogP contribution in [-0.2, 0) is 0 Å². The van der Waals surface area contributed by atoms with Gasteiger partial charge in [-0.3, -0.25) is 4.79 Å². The van der Waals surface area contributed by atoms with Gasteiger partial charge in [0.05, 0.1) is 24.2 Å². The highest BCUT2D eigenvalue weighted by Gasteiger charge is 2.19. The van der Waals surface area contributed by atoms with E-state index in [0.29, 0.717) is 28.1 Å². The second-order valence-electron chi connectivity index (χ2n) is 7.10. The van der Waals surface area contributed by atoms with Crippen molar-refractivity contribution in [1.82, 2.24) is 0 Å². The zero-order chi connectivity index (χ0) is 21.1. The lowest BCUT2D eigenvalue weighted by atomic mass is 10.0. The molecule has 0 unspecified atom stereocenters. The van der Waals surface area contributed by atoms with Crippen LogP contribution < -0.4 is 15.1 Å². The second-order valence-corrected chi connectivity index (χ2v) is 7.10. The monoisotopic (exact) mass is 391 g/mol. The van der Waals surface area contributed by atoms with E-state index in [1.54, 1.807) is 12.1 Å². The molecule has 0 aliphatic heterocycles. The van der Waals surface area contributed by atoms with Crippen molar-refractivity contribution in [2.75, 3.05) is 0 Å². The normalized spacial score (nSPS) is 10.9. The molecule has 148 valence electrons. The van der Waals surface area contributed by atoms with Crippen molar-refractivity contribution in [3.63, 3.8) is 0 Å². The van der Waals surface area contributed by atoms with Crippen LogP contribution in [0.2, 0.25) is 0 Å². The van der Waals surface area contributed by atoms with Crippen LogP contribution in [0.25, 0.3) is 15.8 Å². The average molecular weight is 391 g/mol. The maximum Gasteiger partial charge on any atom is 0.347 e. The van der Waals surface area contributed by atoms with Crippen molar-refractivity contribution >= 4 is 22.4 Å². The van der Waals surface area contributed by atoms with Gasteiger partial charge < -0.3 is 13.9 Å². The Morgan fingerprint density at radius 1 is 1.00 bits per heavy atom. The molecule has 0 saturated heterocycles. The van der Waals surface area contributed by atoms with Crippen LogP contribution in [0.15, 0.2) is 51.7 Å². The quantitative estimate of drug-likeness (QED) is 0.330. The fourth-order valence-electron chi connectivity index (χ4n) is 2.85. The number of hydrogen-bond acceptors (Lipinski definition) is 5. The lowest BCUT2D eigenvalue weighted by Crippen LogP contribution is -2.15. The van der Waals surface area contributed by atoms with Crippen LogP contribution >= 0.6 is 0 Å². The van der Waals surface area contributed by atoms with E-state index in [-0.39, 0.29) is 23.4 Å². The largest absolute Gasteiger partial charge is 0.491 e.